The first-order valence-electron chi connectivity index (χ1n) is 5.16. The molecule has 3 heteroatoms. The molecular formula is C12H16ClNO. The molecule has 1 rings (SSSR count). The maximum atomic E-state index is 12.0. The molecule has 2 nitrogen and oxygen atoms in total. The molecule has 1 aromatic carbocycles. The molecule has 0 aliphatic rings. The summed E-state index contributed by atoms with van der Waals surface area (Å²) < 4.78 is 0. The minimum Gasteiger partial charge on any atom is -0.310 e. The molecule has 0 aromatic heterocycles. The van der Waals surface area contributed by atoms with Crippen molar-refractivity contribution in [2.75, 3.05) is 7.05 Å². The van der Waals surface area contributed by atoms with Gasteiger partial charge in [-0.2, -0.15) is 0 Å². The predicted molar refractivity (Wildman–Crippen MR) is 63.5 cm³/mol. The monoisotopic (exact) mass is 225 g/mol. The van der Waals surface area contributed by atoms with Gasteiger partial charge in [0.05, 0.1) is 6.04 Å². The first-order valence-corrected chi connectivity index (χ1v) is 5.54. The molecule has 0 spiro atoms. The molecule has 0 aliphatic carbocycles. The molecule has 82 valence electrons. The Morgan fingerprint density at radius 3 is 2.47 bits per heavy atom. The molecule has 0 fully saturated rings. The minimum absolute atomic E-state index is 0.0869. The lowest BCUT2D eigenvalue weighted by Crippen LogP contribution is -2.33. The van der Waals surface area contributed by atoms with Crippen LogP contribution in [0.3, 0.4) is 0 Å². The van der Waals surface area contributed by atoms with Gasteiger partial charge in [0, 0.05) is 10.6 Å². The molecule has 0 saturated carbocycles. The number of likely N-dealkylation sites (N-methyl/N-ethyl adjacent to an activating group) is 1. The number of carbonyl (C=O) groups excluding carboxylic acids is 1. The maximum Gasteiger partial charge on any atom is 0.179 e. The third-order valence-electron chi connectivity index (χ3n) is 2.37. The second-order valence-electron chi connectivity index (χ2n) is 3.50. The Hall–Kier alpha value is -0.860. The van der Waals surface area contributed by atoms with E-state index in [2.05, 4.69) is 12.2 Å². The van der Waals surface area contributed by atoms with Gasteiger partial charge in [0.1, 0.15) is 0 Å². The second-order valence-corrected chi connectivity index (χ2v) is 3.94. The van der Waals surface area contributed by atoms with E-state index in [4.69, 9.17) is 11.6 Å². The SMILES string of the molecule is CCCC(NC)C(=O)c1ccc(Cl)cc1. The van der Waals surface area contributed by atoms with Crippen molar-refractivity contribution in [3.63, 3.8) is 0 Å². The molecule has 0 amide bonds. The summed E-state index contributed by atoms with van der Waals surface area (Å²) in [4.78, 5) is 12.0. The predicted octanol–water partition coefficient (Wildman–Crippen LogP) is 2.91. The van der Waals surface area contributed by atoms with Gasteiger partial charge in [-0.05, 0) is 37.7 Å². The maximum absolute atomic E-state index is 12.0. The molecule has 0 bridgehead atoms. The van der Waals surface area contributed by atoms with Crippen molar-refractivity contribution in [1.29, 1.82) is 0 Å². The van der Waals surface area contributed by atoms with Crippen molar-refractivity contribution in [1.82, 2.24) is 5.32 Å². The highest BCUT2D eigenvalue weighted by molar-refractivity contribution is 6.30. The third kappa shape index (κ3) is 3.33. The van der Waals surface area contributed by atoms with Crippen LogP contribution in [0, 0.1) is 0 Å². The summed E-state index contributed by atoms with van der Waals surface area (Å²) in [6, 6.07) is 6.94. The van der Waals surface area contributed by atoms with Crippen molar-refractivity contribution in [3.8, 4) is 0 Å². The van der Waals surface area contributed by atoms with Crippen LogP contribution in [0.4, 0.5) is 0 Å². The van der Waals surface area contributed by atoms with Gasteiger partial charge in [0.25, 0.3) is 0 Å². The van der Waals surface area contributed by atoms with Crippen LogP contribution in [0.25, 0.3) is 0 Å². The summed E-state index contributed by atoms with van der Waals surface area (Å²) in [6.45, 7) is 2.07. The fourth-order valence-electron chi connectivity index (χ4n) is 1.51. The summed E-state index contributed by atoms with van der Waals surface area (Å²) in [5, 5.41) is 3.69. The zero-order valence-electron chi connectivity index (χ0n) is 9.09. The highest BCUT2D eigenvalue weighted by atomic mass is 35.5. The minimum atomic E-state index is -0.0869. The zero-order chi connectivity index (χ0) is 11.3. The van der Waals surface area contributed by atoms with Gasteiger partial charge in [0.15, 0.2) is 5.78 Å². The van der Waals surface area contributed by atoms with E-state index in [-0.39, 0.29) is 11.8 Å². The Bertz CT molecular complexity index is 321. The van der Waals surface area contributed by atoms with Gasteiger partial charge < -0.3 is 5.32 Å². The Morgan fingerprint density at radius 1 is 1.40 bits per heavy atom. The smallest absolute Gasteiger partial charge is 0.179 e. The van der Waals surface area contributed by atoms with Crippen LogP contribution in [0.5, 0.6) is 0 Å². The van der Waals surface area contributed by atoms with Crippen molar-refractivity contribution in [2.45, 2.75) is 25.8 Å². The fraction of sp³-hybridized carbons (Fsp3) is 0.417. The van der Waals surface area contributed by atoms with E-state index in [9.17, 15) is 4.79 Å². The number of carbonyl (C=O) groups is 1. The van der Waals surface area contributed by atoms with Crippen LogP contribution in [0.2, 0.25) is 5.02 Å². The number of ketones is 1. The van der Waals surface area contributed by atoms with Gasteiger partial charge in [-0.3, -0.25) is 4.79 Å². The molecule has 1 N–H and O–H groups in total. The van der Waals surface area contributed by atoms with Crippen LogP contribution >= 0.6 is 11.6 Å². The fourth-order valence-corrected chi connectivity index (χ4v) is 1.64. The highest BCUT2D eigenvalue weighted by Crippen LogP contribution is 2.12. The van der Waals surface area contributed by atoms with Crippen LogP contribution in [0.15, 0.2) is 24.3 Å². The van der Waals surface area contributed by atoms with Crippen molar-refractivity contribution < 1.29 is 4.79 Å². The second kappa shape index (κ2) is 5.89. The lowest BCUT2D eigenvalue weighted by molar-refractivity contribution is 0.0942. The molecule has 1 unspecified atom stereocenters. The number of benzene rings is 1. The molecule has 0 saturated heterocycles. The number of rotatable bonds is 5. The number of nitrogens with one attached hydrogen (secondary N) is 1. The summed E-state index contributed by atoms with van der Waals surface area (Å²) in [5.41, 5.74) is 0.715. The number of hydrogen-bond donors (Lipinski definition) is 1. The summed E-state index contributed by atoms with van der Waals surface area (Å²) in [7, 11) is 1.81. The van der Waals surface area contributed by atoms with Gasteiger partial charge in [0.2, 0.25) is 0 Å². The molecule has 0 aliphatic heterocycles. The van der Waals surface area contributed by atoms with E-state index < -0.39 is 0 Å². The summed E-state index contributed by atoms with van der Waals surface area (Å²) >= 11 is 5.76. The van der Waals surface area contributed by atoms with E-state index in [0.29, 0.717) is 10.6 Å². The highest BCUT2D eigenvalue weighted by Gasteiger charge is 2.16. The molecule has 1 aromatic rings. The molecule has 0 radical (unpaired) electrons. The van der Waals surface area contributed by atoms with E-state index in [1.807, 2.05) is 7.05 Å². The number of halogens is 1. The van der Waals surface area contributed by atoms with Gasteiger partial charge in [-0.1, -0.05) is 24.9 Å². The normalized spacial score (nSPS) is 12.5. The first-order chi connectivity index (χ1) is 7.19. The quantitative estimate of drug-likeness (QED) is 0.781. The Balaban J connectivity index is 2.78. The van der Waals surface area contributed by atoms with E-state index in [1.165, 1.54) is 0 Å². The Labute approximate surface area is 95.6 Å². The lowest BCUT2D eigenvalue weighted by Gasteiger charge is -2.13. The van der Waals surface area contributed by atoms with Crippen LogP contribution in [-0.4, -0.2) is 18.9 Å². The molecular weight excluding hydrogens is 210 g/mol. The Kier molecular flexibility index (Phi) is 4.79. The average Bonchev–Trinajstić information content (AvgIpc) is 2.26. The van der Waals surface area contributed by atoms with Crippen molar-refractivity contribution in [3.05, 3.63) is 34.9 Å². The van der Waals surface area contributed by atoms with E-state index >= 15 is 0 Å². The average molecular weight is 226 g/mol. The first kappa shape index (κ1) is 12.2. The van der Waals surface area contributed by atoms with Crippen LogP contribution in [-0.2, 0) is 0 Å². The van der Waals surface area contributed by atoms with Gasteiger partial charge in [-0.25, -0.2) is 0 Å². The van der Waals surface area contributed by atoms with Crippen LogP contribution in [0.1, 0.15) is 30.1 Å². The molecule has 15 heavy (non-hydrogen) atoms. The van der Waals surface area contributed by atoms with Crippen molar-refractivity contribution in [2.24, 2.45) is 0 Å². The van der Waals surface area contributed by atoms with Gasteiger partial charge >= 0.3 is 0 Å². The zero-order valence-corrected chi connectivity index (χ0v) is 9.84. The summed E-state index contributed by atoms with van der Waals surface area (Å²) in [5.74, 6) is 0.135. The number of hydrogen-bond acceptors (Lipinski definition) is 2. The topological polar surface area (TPSA) is 29.1 Å². The Morgan fingerprint density at radius 2 is 2.00 bits per heavy atom. The van der Waals surface area contributed by atoms with E-state index in [0.717, 1.165) is 12.8 Å². The van der Waals surface area contributed by atoms with E-state index in [1.54, 1.807) is 24.3 Å². The van der Waals surface area contributed by atoms with Crippen molar-refractivity contribution >= 4 is 17.4 Å². The van der Waals surface area contributed by atoms with Gasteiger partial charge in [-0.15, -0.1) is 0 Å². The standard InChI is InChI=1S/C12H16ClNO/c1-3-4-11(14-2)12(15)9-5-7-10(13)8-6-9/h5-8,11,14H,3-4H2,1-2H3. The number of Topliss-reactive ketones (excluding diaryl/α,β-unsaturated/α-hetero) is 1. The molecule has 0 heterocycles. The largest absolute Gasteiger partial charge is 0.310 e. The van der Waals surface area contributed by atoms with Crippen LogP contribution < -0.4 is 5.32 Å². The lowest BCUT2D eigenvalue weighted by atomic mass is 10.0. The summed E-state index contributed by atoms with van der Waals surface area (Å²) in [6.07, 6.45) is 1.85. The third-order valence-corrected chi connectivity index (χ3v) is 2.62. The molecule has 1 atom stereocenters.